The van der Waals surface area contributed by atoms with Crippen molar-refractivity contribution in [3.8, 4) is 0 Å². The van der Waals surface area contributed by atoms with Gasteiger partial charge in [-0.2, -0.15) is 0 Å². The molecule has 3 aliphatic rings. The quantitative estimate of drug-likeness (QED) is 0.114. The van der Waals surface area contributed by atoms with Crippen LogP contribution in [0.5, 0.6) is 0 Å². The number of ether oxygens (including phenoxy) is 16. The summed E-state index contributed by atoms with van der Waals surface area (Å²) in [6.07, 6.45) is -27.3. The van der Waals surface area contributed by atoms with Crippen molar-refractivity contribution in [3.05, 3.63) is 0 Å². The van der Waals surface area contributed by atoms with Gasteiger partial charge in [0.1, 0.15) is 50.3 Å². The van der Waals surface area contributed by atoms with Crippen molar-refractivity contribution in [3.63, 3.8) is 0 Å². The standard InChI is InChI=1S/C40H54O27/c1-15(41)52-12-26-29(55-18(4)44)32(56-19(5)45)36(60-23(9)49)39(64-26)67-31-28(14-54-17(3)43)65-40(37(61-24(10)50)34(31)58-21(7)47)66-30-27(13-53-16(2)42)63-38(62-25(11)51)35(59-22(8)48)33(30)57-20(6)46/h26-40H,12-14H2,1-11H3/t26?,27?,28?,29-,30-,31+,32+,33-,34+,35+,36-,37+,38-,39+,40+/m1/s1. The predicted molar refractivity (Wildman–Crippen MR) is 206 cm³/mol. The molecule has 3 aliphatic heterocycles. The van der Waals surface area contributed by atoms with Crippen LogP contribution in [0.15, 0.2) is 0 Å². The monoisotopic (exact) mass is 966 g/mol. The molecule has 27 nitrogen and oxygen atoms in total. The van der Waals surface area contributed by atoms with Crippen molar-refractivity contribution in [1.82, 2.24) is 0 Å². The number of hydrogen-bond donors (Lipinski definition) is 0. The molecule has 3 saturated heterocycles. The molecule has 0 amide bonds. The van der Waals surface area contributed by atoms with Crippen molar-refractivity contribution in [1.29, 1.82) is 0 Å². The van der Waals surface area contributed by atoms with Crippen molar-refractivity contribution >= 4 is 65.7 Å². The summed E-state index contributed by atoms with van der Waals surface area (Å²) < 4.78 is 90.4. The van der Waals surface area contributed by atoms with E-state index in [0.717, 1.165) is 76.2 Å². The second kappa shape index (κ2) is 25.2. The summed E-state index contributed by atoms with van der Waals surface area (Å²) in [5, 5.41) is 0. The molecule has 0 radical (unpaired) electrons. The Morgan fingerprint density at radius 3 is 0.776 bits per heavy atom. The van der Waals surface area contributed by atoms with Gasteiger partial charge in [0.05, 0.1) is 0 Å². The largest absolute Gasteiger partial charge is 0.463 e. The fourth-order valence-corrected chi connectivity index (χ4v) is 7.01. The van der Waals surface area contributed by atoms with E-state index in [9.17, 15) is 52.7 Å². The molecular weight excluding hydrogens is 912 g/mol. The first kappa shape index (κ1) is 55.3. The van der Waals surface area contributed by atoms with Gasteiger partial charge in [0.15, 0.2) is 49.2 Å². The lowest BCUT2D eigenvalue weighted by molar-refractivity contribution is -0.378. The molecule has 0 N–H and O–H groups in total. The van der Waals surface area contributed by atoms with Crippen LogP contribution in [0.3, 0.4) is 0 Å². The Morgan fingerprint density at radius 1 is 0.269 bits per heavy atom. The molecule has 67 heavy (non-hydrogen) atoms. The zero-order chi connectivity index (χ0) is 50.4. The molecule has 376 valence electrons. The van der Waals surface area contributed by atoms with Crippen LogP contribution in [0.4, 0.5) is 0 Å². The van der Waals surface area contributed by atoms with Gasteiger partial charge in [-0.1, -0.05) is 0 Å². The number of rotatable bonds is 18. The second-order valence-electron chi connectivity index (χ2n) is 14.9. The van der Waals surface area contributed by atoms with Gasteiger partial charge in [0, 0.05) is 76.2 Å². The average Bonchev–Trinajstić information content (AvgIpc) is 3.17. The molecular formula is C40H54O27. The van der Waals surface area contributed by atoms with Gasteiger partial charge in [-0.15, -0.1) is 0 Å². The highest BCUT2D eigenvalue weighted by Crippen LogP contribution is 2.38. The van der Waals surface area contributed by atoms with Crippen molar-refractivity contribution in [2.75, 3.05) is 19.8 Å². The number of esters is 11. The minimum absolute atomic E-state index is 0.691. The molecule has 0 spiro atoms. The van der Waals surface area contributed by atoms with E-state index in [1.54, 1.807) is 0 Å². The molecule has 3 fully saturated rings. The highest BCUT2D eigenvalue weighted by molar-refractivity contribution is 5.70. The topological polar surface area (TPSA) is 335 Å². The normalized spacial score (nSPS) is 31.2. The Labute approximate surface area is 382 Å². The number of carbonyl (C=O) groups is 11. The summed E-state index contributed by atoms with van der Waals surface area (Å²) in [5.41, 5.74) is 0. The third-order valence-electron chi connectivity index (χ3n) is 9.11. The van der Waals surface area contributed by atoms with Crippen molar-refractivity contribution in [2.24, 2.45) is 0 Å². The fraction of sp³-hybridized carbons (Fsp3) is 0.725. The summed E-state index contributed by atoms with van der Waals surface area (Å²) in [5.74, 6) is -10.7. The first-order chi connectivity index (χ1) is 31.3. The van der Waals surface area contributed by atoms with Gasteiger partial charge in [0.25, 0.3) is 0 Å². The second-order valence-corrected chi connectivity index (χ2v) is 14.9. The minimum atomic E-state index is -2.06. The van der Waals surface area contributed by atoms with Crippen LogP contribution in [0, 0.1) is 0 Å². The Kier molecular flexibility index (Phi) is 20.8. The number of carbonyl (C=O) groups excluding carboxylic acids is 11. The molecule has 3 unspecified atom stereocenters. The van der Waals surface area contributed by atoms with Crippen LogP contribution in [0.2, 0.25) is 0 Å². The van der Waals surface area contributed by atoms with E-state index in [1.165, 1.54) is 0 Å². The Morgan fingerprint density at radius 2 is 0.493 bits per heavy atom. The average molecular weight is 967 g/mol. The highest BCUT2D eigenvalue weighted by Gasteiger charge is 2.60. The summed E-state index contributed by atoms with van der Waals surface area (Å²) >= 11 is 0. The van der Waals surface area contributed by atoms with E-state index in [4.69, 9.17) is 75.8 Å². The molecule has 0 bridgehead atoms. The third kappa shape index (κ3) is 17.0. The minimum Gasteiger partial charge on any atom is -0.463 e. The molecule has 3 rings (SSSR count). The van der Waals surface area contributed by atoms with E-state index < -0.39 is 178 Å². The molecule has 0 saturated carbocycles. The van der Waals surface area contributed by atoms with Gasteiger partial charge in [0.2, 0.25) is 12.4 Å². The smallest absolute Gasteiger partial charge is 0.305 e. The lowest BCUT2D eigenvalue weighted by Gasteiger charge is -2.50. The molecule has 3 heterocycles. The predicted octanol–water partition coefficient (Wildman–Crippen LogP) is -1.29. The van der Waals surface area contributed by atoms with E-state index in [-0.39, 0.29) is 0 Å². The maximum Gasteiger partial charge on any atom is 0.305 e. The zero-order valence-corrected chi connectivity index (χ0v) is 38.3. The van der Waals surface area contributed by atoms with Crippen LogP contribution < -0.4 is 0 Å². The molecule has 0 aromatic carbocycles. The van der Waals surface area contributed by atoms with Crippen LogP contribution in [0.25, 0.3) is 0 Å². The Hall–Kier alpha value is -6.03. The lowest BCUT2D eigenvalue weighted by atomic mass is 9.95. The van der Waals surface area contributed by atoms with E-state index in [1.807, 2.05) is 0 Å². The molecule has 27 heteroatoms. The zero-order valence-electron chi connectivity index (χ0n) is 38.3. The number of hydrogen-bond acceptors (Lipinski definition) is 27. The van der Waals surface area contributed by atoms with E-state index in [2.05, 4.69) is 0 Å². The summed E-state index contributed by atoms with van der Waals surface area (Å²) in [6, 6.07) is 0. The van der Waals surface area contributed by atoms with Gasteiger partial charge >= 0.3 is 65.7 Å². The maximum atomic E-state index is 13.0. The van der Waals surface area contributed by atoms with Crippen LogP contribution in [-0.4, -0.2) is 178 Å². The molecule has 0 aliphatic carbocycles. The lowest BCUT2D eigenvalue weighted by Crippen LogP contribution is -2.69. The fourth-order valence-electron chi connectivity index (χ4n) is 7.01. The van der Waals surface area contributed by atoms with Gasteiger partial charge in [-0.25, -0.2) is 0 Å². The summed E-state index contributed by atoms with van der Waals surface area (Å²) in [6.45, 7) is 8.53. The first-order valence-electron chi connectivity index (χ1n) is 20.3. The Balaban J connectivity index is 2.31. The van der Waals surface area contributed by atoms with Gasteiger partial charge in [-0.05, 0) is 0 Å². The van der Waals surface area contributed by atoms with Crippen molar-refractivity contribution in [2.45, 2.75) is 168 Å². The molecule has 0 aromatic rings. The van der Waals surface area contributed by atoms with E-state index in [0.29, 0.717) is 0 Å². The Bertz CT molecular complexity index is 1850. The van der Waals surface area contributed by atoms with Crippen LogP contribution in [-0.2, 0) is 129 Å². The van der Waals surface area contributed by atoms with Gasteiger partial charge < -0.3 is 75.8 Å². The highest BCUT2D eigenvalue weighted by atomic mass is 16.8. The van der Waals surface area contributed by atoms with Crippen molar-refractivity contribution < 1.29 is 129 Å². The third-order valence-corrected chi connectivity index (χ3v) is 9.11. The first-order valence-corrected chi connectivity index (χ1v) is 20.3. The molecule has 0 aromatic heterocycles. The van der Waals surface area contributed by atoms with E-state index >= 15 is 0 Å². The SMILES string of the molecule is CC(=O)OCC1O[C@@H](O[C@H]2C(COC(C)=O)O[C@@H](O[C@@H]3C(COC(C)=O)O[C@@H](OC(C)=O)[C@@H](OC(C)=O)[C@@H]3OC(C)=O)[C@@H](OC(C)=O)[C@H]2OC(C)=O)[C@H](OC(C)=O)[C@@H](OC(C)=O)[C@@H]1OC(C)=O. The maximum absolute atomic E-state index is 13.0. The van der Waals surface area contributed by atoms with Crippen LogP contribution >= 0.6 is 0 Å². The van der Waals surface area contributed by atoms with Gasteiger partial charge in [-0.3, -0.25) is 52.7 Å². The van der Waals surface area contributed by atoms with Crippen LogP contribution in [0.1, 0.15) is 76.2 Å². The molecule has 15 atom stereocenters. The summed E-state index contributed by atoms with van der Waals surface area (Å²) in [4.78, 5) is 137. The summed E-state index contributed by atoms with van der Waals surface area (Å²) in [7, 11) is 0.